The van der Waals surface area contributed by atoms with E-state index in [2.05, 4.69) is 26.6 Å². The van der Waals surface area contributed by atoms with Crippen LogP contribution in [0.4, 0.5) is 4.39 Å². The van der Waals surface area contributed by atoms with Crippen molar-refractivity contribution in [1.82, 2.24) is 14.9 Å². The molecule has 0 amide bonds. The molecular formula is C16H20FN3S. The van der Waals surface area contributed by atoms with Gasteiger partial charge in [0.2, 0.25) is 0 Å². The monoisotopic (exact) mass is 305 g/mol. The summed E-state index contributed by atoms with van der Waals surface area (Å²) in [5.74, 6) is 3.95. The fourth-order valence-electron chi connectivity index (χ4n) is 3.54. The molecule has 1 atom stereocenters. The van der Waals surface area contributed by atoms with Crippen molar-refractivity contribution in [2.45, 2.75) is 31.2 Å². The fraction of sp³-hybridized carbons (Fsp3) is 0.562. The second kappa shape index (κ2) is 5.61. The third-order valence-electron chi connectivity index (χ3n) is 4.80. The molecule has 4 rings (SSSR count). The van der Waals surface area contributed by atoms with Crippen LogP contribution in [0.5, 0.6) is 0 Å². The summed E-state index contributed by atoms with van der Waals surface area (Å²) in [6, 6.07) is 5.57. The summed E-state index contributed by atoms with van der Waals surface area (Å²) < 4.78 is 13.3. The third kappa shape index (κ3) is 2.69. The average Bonchev–Trinajstić information content (AvgIpc) is 3.16. The van der Waals surface area contributed by atoms with Crippen LogP contribution in [0.15, 0.2) is 18.2 Å². The molecular weight excluding hydrogens is 285 g/mol. The van der Waals surface area contributed by atoms with Crippen molar-refractivity contribution in [2.24, 2.45) is 0 Å². The maximum Gasteiger partial charge on any atom is 0.125 e. The highest BCUT2D eigenvalue weighted by Crippen LogP contribution is 2.31. The molecule has 5 heteroatoms. The number of piperidine rings is 1. The van der Waals surface area contributed by atoms with Gasteiger partial charge in [0.15, 0.2) is 0 Å². The third-order valence-corrected chi connectivity index (χ3v) is 5.95. The summed E-state index contributed by atoms with van der Waals surface area (Å²) in [7, 11) is 0. The second-order valence-corrected chi connectivity index (χ2v) is 7.26. The van der Waals surface area contributed by atoms with Crippen LogP contribution in [-0.4, -0.2) is 45.5 Å². The number of aromatic amines is 1. The number of aromatic nitrogens is 2. The predicted molar refractivity (Wildman–Crippen MR) is 85.3 cm³/mol. The van der Waals surface area contributed by atoms with E-state index in [1.54, 1.807) is 6.07 Å². The van der Waals surface area contributed by atoms with Crippen LogP contribution in [0, 0.1) is 5.82 Å². The van der Waals surface area contributed by atoms with Crippen molar-refractivity contribution >= 4 is 22.8 Å². The van der Waals surface area contributed by atoms with Crippen LogP contribution < -0.4 is 0 Å². The quantitative estimate of drug-likeness (QED) is 0.923. The van der Waals surface area contributed by atoms with E-state index in [0.717, 1.165) is 35.7 Å². The molecule has 1 aromatic carbocycles. The van der Waals surface area contributed by atoms with Gasteiger partial charge in [0.25, 0.3) is 0 Å². The molecule has 21 heavy (non-hydrogen) atoms. The molecule has 3 heterocycles. The van der Waals surface area contributed by atoms with Gasteiger partial charge < -0.3 is 4.98 Å². The van der Waals surface area contributed by atoms with Gasteiger partial charge in [0, 0.05) is 17.7 Å². The van der Waals surface area contributed by atoms with Crippen LogP contribution in [0.3, 0.4) is 0 Å². The Bertz CT molecular complexity index is 627. The number of nitrogens with one attached hydrogen (secondary N) is 1. The lowest BCUT2D eigenvalue weighted by Gasteiger charge is -2.35. The molecule has 3 nitrogen and oxygen atoms in total. The molecule has 0 unspecified atom stereocenters. The Balaban J connectivity index is 1.46. The van der Waals surface area contributed by atoms with Gasteiger partial charge in [-0.05, 0) is 56.3 Å². The number of hydrogen-bond acceptors (Lipinski definition) is 3. The van der Waals surface area contributed by atoms with E-state index < -0.39 is 0 Å². The van der Waals surface area contributed by atoms with E-state index >= 15 is 0 Å². The van der Waals surface area contributed by atoms with Gasteiger partial charge in [-0.3, -0.25) is 4.90 Å². The van der Waals surface area contributed by atoms with E-state index in [-0.39, 0.29) is 5.82 Å². The molecule has 2 aliphatic rings. The minimum atomic E-state index is -0.203. The van der Waals surface area contributed by atoms with E-state index in [1.165, 1.54) is 43.1 Å². The summed E-state index contributed by atoms with van der Waals surface area (Å²) in [4.78, 5) is 10.6. The molecule has 0 radical (unpaired) electrons. The molecule has 112 valence electrons. The van der Waals surface area contributed by atoms with Crippen molar-refractivity contribution in [3.63, 3.8) is 0 Å². The Labute approximate surface area is 128 Å². The lowest BCUT2D eigenvalue weighted by Crippen LogP contribution is -2.41. The van der Waals surface area contributed by atoms with Gasteiger partial charge >= 0.3 is 0 Å². The molecule has 1 N–H and O–H groups in total. The minimum Gasteiger partial charge on any atom is -0.342 e. The van der Waals surface area contributed by atoms with Crippen molar-refractivity contribution in [1.29, 1.82) is 0 Å². The number of imidazole rings is 1. The van der Waals surface area contributed by atoms with Crippen LogP contribution in [0.25, 0.3) is 11.0 Å². The molecule has 2 aromatic rings. The van der Waals surface area contributed by atoms with Crippen LogP contribution >= 0.6 is 11.8 Å². The SMILES string of the molecule is Fc1ccc2nc(C3CCN([C@H]4CCSC4)CC3)[nH]c2c1. The highest BCUT2D eigenvalue weighted by molar-refractivity contribution is 7.99. The van der Waals surface area contributed by atoms with Crippen LogP contribution in [0.1, 0.15) is 31.0 Å². The Kier molecular flexibility index (Phi) is 3.63. The first kappa shape index (κ1) is 13.6. The number of H-pyrrole nitrogens is 1. The largest absolute Gasteiger partial charge is 0.342 e. The topological polar surface area (TPSA) is 31.9 Å². The van der Waals surface area contributed by atoms with E-state index in [0.29, 0.717) is 5.92 Å². The lowest BCUT2D eigenvalue weighted by atomic mass is 9.95. The molecule has 2 aliphatic heterocycles. The highest BCUT2D eigenvalue weighted by Gasteiger charge is 2.29. The molecule has 1 aromatic heterocycles. The summed E-state index contributed by atoms with van der Waals surface area (Å²) in [6.45, 7) is 2.34. The minimum absolute atomic E-state index is 0.203. The standard InChI is InChI=1S/C16H20FN3S/c17-12-1-2-14-15(9-12)19-16(18-14)11-3-6-20(7-4-11)13-5-8-21-10-13/h1-2,9,11,13H,3-8,10H2,(H,18,19)/t13-/m0/s1. The number of benzene rings is 1. The first-order valence-corrected chi connectivity index (χ1v) is 8.92. The predicted octanol–water partition coefficient (Wildman–Crippen LogP) is 3.39. The maximum absolute atomic E-state index is 13.3. The normalized spacial score (nSPS) is 24.9. The van der Waals surface area contributed by atoms with Crippen molar-refractivity contribution in [3.8, 4) is 0 Å². The van der Waals surface area contributed by atoms with E-state index in [9.17, 15) is 4.39 Å². The Morgan fingerprint density at radius 3 is 2.86 bits per heavy atom. The fourth-order valence-corrected chi connectivity index (χ4v) is 4.80. The summed E-state index contributed by atoms with van der Waals surface area (Å²) in [6.07, 6.45) is 3.66. The van der Waals surface area contributed by atoms with Crippen molar-refractivity contribution < 1.29 is 4.39 Å². The molecule has 0 bridgehead atoms. The summed E-state index contributed by atoms with van der Waals surface area (Å²) >= 11 is 2.08. The molecule has 2 fully saturated rings. The smallest absolute Gasteiger partial charge is 0.125 e. The van der Waals surface area contributed by atoms with E-state index in [1.807, 2.05) is 0 Å². The first-order valence-electron chi connectivity index (χ1n) is 7.76. The number of halogens is 1. The zero-order chi connectivity index (χ0) is 14.2. The lowest BCUT2D eigenvalue weighted by molar-refractivity contribution is 0.163. The summed E-state index contributed by atoms with van der Waals surface area (Å²) in [5, 5.41) is 0. The van der Waals surface area contributed by atoms with Crippen molar-refractivity contribution in [2.75, 3.05) is 24.6 Å². The number of likely N-dealkylation sites (tertiary alicyclic amines) is 1. The van der Waals surface area contributed by atoms with Gasteiger partial charge in [0.05, 0.1) is 11.0 Å². The molecule has 0 aliphatic carbocycles. The number of nitrogens with zero attached hydrogens (tertiary/aromatic N) is 2. The van der Waals surface area contributed by atoms with Crippen LogP contribution in [-0.2, 0) is 0 Å². The number of fused-ring (bicyclic) bond motifs is 1. The Hall–Kier alpha value is -1.07. The Morgan fingerprint density at radius 1 is 1.24 bits per heavy atom. The second-order valence-electron chi connectivity index (χ2n) is 6.11. The first-order chi connectivity index (χ1) is 10.3. The number of rotatable bonds is 2. The number of hydrogen-bond donors (Lipinski definition) is 1. The van der Waals surface area contributed by atoms with Gasteiger partial charge in [-0.2, -0.15) is 11.8 Å². The maximum atomic E-state index is 13.3. The van der Waals surface area contributed by atoms with Gasteiger partial charge in [-0.15, -0.1) is 0 Å². The zero-order valence-corrected chi connectivity index (χ0v) is 12.8. The van der Waals surface area contributed by atoms with Gasteiger partial charge in [0.1, 0.15) is 11.6 Å². The molecule has 0 spiro atoms. The molecule has 0 saturated carbocycles. The average molecular weight is 305 g/mol. The van der Waals surface area contributed by atoms with Gasteiger partial charge in [-0.1, -0.05) is 0 Å². The number of thioether (sulfide) groups is 1. The highest BCUT2D eigenvalue weighted by atomic mass is 32.2. The van der Waals surface area contributed by atoms with Crippen molar-refractivity contribution in [3.05, 3.63) is 29.8 Å². The zero-order valence-electron chi connectivity index (χ0n) is 12.0. The summed E-state index contributed by atoms with van der Waals surface area (Å²) in [5.41, 5.74) is 1.70. The van der Waals surface area contributed by atoms with Crippen LogP contribution in [0.2, 0.25) is 0 Å². The van der Waals surface area contributed by atoms with Gasteiger partial charge in [-0.25, -0.2) is 9.37 Å². The van der Waals surface area contributed by atoms with E-state index in [4.69, 9.17) is 0 Å². The molecule has 2 saturated heterocycles. The Morgan fingerprint density at radius 2 is 2.10 bits per heavy atom.